The zero-order valence-electron chi connectivity index (χ0n) is 14.7. The highest BCUT2D eigenvalue weighted by molar-refractivity contribution is 5.76. The lowest BCUT2D eigenvalue weighted by Crippen LogP contribution is -2.28. The second-order valence-corrected chi connectivity index (χ2v) is 6.08. The van der Waals surface area contributed by atoms with Crippen LogP contribution in [0.25, 0.3) is 11.1 Å². The van der Waals surface area contributed by atoms with Crippen LogP contribution in [0, 0.1) is 0 Å². The van der Waals surface area contributed by atoms with Crippen LogP contribution in [-0.4, -0.2) is 24.0 Å². The summed E-state index contributed by atoms with van der Waals surface area (Å²) in [5, 5.41) is 6.18. The number of carbonyl (C=O) groups is 1. The van der Waals surface area contributed by atoms with E-state index in [4.69, 9.17) is 0 Å². The van der Waals surface area contributed by atoms with Gasteiger partial charge in [-0.15, -0.1) is 0 Å². The number of aromatic nitrogens is 1. The molecule has 0 aliphatic heterocycles. The molecule has 0 aliphatic rings. The molecule has 26 heavy (non-hydrogen) atoms. The molecule has 0 unspecified atom stereocenters. The predicted octanol–water partition coefficient (Wildman–Crippen LogP) is 3.91. The van der Waals surface area contributed by atoms with E-state index in [1.165, 1.54) is 16.7 Å². The van der Waals surface area contributed by atoms with Crippen LogP contribution >= 0.6 is 0 Å². The SMILES string of the molecule is O=C(CCc1ccc(-c2ccccc2)cc1)NCCNc1ccncc1. The number of benzene rings is 2. The molecule has 132 valence electrons. The summed E-state index contributed by atoms with van der Waals surface area (Å²) in [5.74, 6) is 0.0775. The standard InChI is InChI=1S/C22H23N3O/c26-22(25-17-16-24-21-12-14-23-15-13-21)11-8-18-6-9-20(10-7-18)19-4-2-1-3-5-19/h1-7,9-10,12-15H,8,11,16-17H2,(H,23,24)(H,25,26). The first-order valence-corrected chi connectivity index (χ1v) is 8.86. The monoisotopic (exact) mass is 345 g/mol. The summed E-state index contributed by atoms with van der Waals surface area (Å²) in [6.45, 7) is 1.30. The highest BCUT2D eigenvalue weighted by atomic mass is 16.1. The molecular weight excluding hydrogens is 322 g/mol. The minimum atomic E-state index is 0.0775. The Labute approximate surface area is 154 Å². The number of amides is 1. The molecule has 0 saturated heterocycles. The van der Waals surface area contributed by atoms with Gasteiger partial charge in [0, 0.05) is 37.6 Å². The lowest BCUT2D eigenvalue weighted by Gasteiger charge is -2.08. The summed E-state index contributed by atoms with van der Waals surface area (Å²) in [5.41, 5.74) is 4.59. The fourth-order valence-electron chi connectivity index (χ4n) is 2.72. The van der Waals surface area contributed by atoms with Crippen molar-refractivity contribution in [3.63, 3.8) is 0 Å². The summed E-state index contributed by atoms with van der Waals surface area (Å²) in [6.07, 6.45) is 4.73. The second kappa shape index (κ2) is 9.37. The van der Waals surface area contributed by atoms with Crippen LogP contribution in [0.3, 0.4) is 0 Å². The molecule has 1 heterocycles. The van der Waals surface area contributed by atoms with Gasteiger partial charge in [0.05, 0.1) is 0 Å². The summed E-state index contributed by atoms with van der Waals surface area (Å²) >= 11 is 0. The summed E-state index contributed by atoms with van der Waals surface area (Å²) in [4.78, 5) is 15.9. The average Bonchev–Trinajstić information content (AvgIpc) is 2.71. The van der Waals surface area contributed by atoms with Gasteiger partial charge in [-0.3, -0.25) is 9.78 Å². The van der Waals surface area contributed by atoms with Crippen molar-refractivity contribution in [1.82, 2.24) is 10.3 Å². The zero-order chi connectivity index (χ0) is 18.0. The number of anilines is 1. The van der Waals surface area contributed by atoms with E-state index >= 15 is 0 Å². The molecule has 0 fully saturated rings. The van der Waals surface area contributed by atoms with Gasteiger partial charge in [0.25, 0.3) is 0 Å². The first kappa shape index (κ1) is 17.7. The van der Waals surface area contributed by atoms with Gasteiger partial charge in [0.2, 0.25) is 5.91 Å². The maximum Gasteiger partial charge on any atom is 0.220 e. The number of nitrogens with zero attached hydrogens (tertiary/aromatic N) is 1. The molecule has 0 spiro atoms. The predicted molar refractivity (Wildman–Crippen MR) is 106 cm³/mol. The number of hydrogen-bond acceptors (Lipinski definition) is 3. The molecule has 0 atom stereocenters. The van der Waals surface area contributed by atoms with Crippen molar-refractivity contribution in [2.24, 2.45) is 0 Å². The quantitative estimate of drug-likeness (QED) is 0.609. The van der Waals surface area contributed by atoms with Crippen molar-refractivity contribution in [2.45, 2.75) is 12.8 Å². The van der Waals surface area contributed by atoms with E-state index in [0.29, 0.717) is 19.5 Å². The molecular formula is C22H23N3O. The maximum atomic E-state index is 12.0. The van der Waals surface area contributed by atoms with Gasteiger partial charge >= 0.3 is 0 Å². The lowest BCUT2D eigenvalue weighted by atomic mass is 10.0. The number of hydrogen-bond donors (Lipinski definition) is 2. The number of aryl methyl sites for hydroxylation is 1. The minimum absolute atomic E-state index is 0.0775. The molecule has 0 aliphatic carbocycles. The molecule has 3 rings (SSSR count). The Morgan fingerprint density at radius 2 is 1.50 bits per heavy atom. The molecule has 0 saturated carbocycles. The Morgan fingerprint density at radius 3 is 2.23 bits per heavy atom. The molecule has 4 heteroatoms. The van der Waals surface area contributed by atoms with Gasteiger partial charge in [-0.05, 0) is 35.2 Å². The van der Waals surface area contributed by atoms with E-state index in [9.17, 15) is 4.79 Å². The third-order valence-corrected chi connectivity index (χ3v) is 4.16. The van der Waals surface area contributed by atoms with Crippen LogP contribution in [-0.2, 0) is 11.2 Å². The minimum Gasteiger partial charge on any atom is -0.383 e. The highest BCUT2D eigenvalue weighted by Gasteiger charge is 2.03. The number of nitrogens with one attached hydrogen (secondary N) is 2. The van der Waals surface area contributed by atoms with Gasteiger partial charge in [-0.2, -0.15) is 0 Å². The van der Waals surface area contributed by atoms with Crippen LogP contribution in [0.5, 0.6) is 0 Å². The van der Waals surface area contributed by atoms with Crippen molar-refractivity contribution in [1.29, 1.82) is 0 Å². The van der Waals surface area contributed by atoms with E-state index in [0.717, 1.165) is 12.1 Å². The van der Waals surface area contributed by atoms with Gasteiger partial charge in [-0.25, -0.2) is 0 Å². The molecule has 2 aromatic carbocycles. The molecule has 1 amide bonds. The van der Waals surface area contributed by atoms with Crippen LogP contribution in [0.2, 0.25) is 0 Å². The third kappa shape index (κ3) is 5.45. The van der Waals surface area contributed by atoms with Crippen LogP contribution < -0.4 is 10.6 Å². The van der Waals surface area contributed by atoms with Crippen molar-refractivity contribution in [3.05, 3.63) is 84.7 Å². The van der Waals surface area contributed by atoms with E-state index in [2.05, 4.69) is 52.0 Å². The zero-order valence-corrected chi connectivity index (χ0v) is 14.7. The Hall–Kier alpha value is -3.14. The second-order valence-electron chi connectivity index (χ2n) is 6.08. The Balaban J connectivity index is 1.37. The van der Waals surface area contributed by atoms with Crippen LogP contribution in [0.4, 0.5) is 5.69 Å². The summed E-state index contributed by atoms with van der Waals surface area (Å²) < 4.78 is 0. The van der Waals surface area contributed by atoms with Crippen LogP contribution in [0.1, 0.15) is 12.0 Å². The molecule has 0 bridgehead atoms. The fourth-order valence-corrected chi connectivity index (χ4v) is 2.72. The maximum absolute atomic E-state index is 12.0. The third-order valence-electron chi connectivity index (χ3n) is 4.16. The molecule has 3 aromatic rings. The number of rotatable bonds is 8. The van der Waals surface area contributed by atoms with E-state index in [1.54, 1.807) is 12.4 Å². The van der Waals surface area contributed by atoms with Gasteiger partial charge in [0.1, 0.15) is 0 Å². The molecule has 0 radical (unpaired) electrons. The molecule has 4 nitrogen and oxygen atoms in total. The van der Waals surface area contributed by atoms with Crippen molar-refractivity contribution in [3.8, 4) is 11.1 Å². The van der Waals surface area contributed by atoms with Crippen LogP contribution in [0.15, 0.2) is 79.1 Å². The van der Waals surface area contributed by atoms with E-state index < -0.39 is 0 Å². The van der Waals surface area contributed by atoms with E-state index in [1.807, 2.05) is 30.3 Å². The smallest absolute Gasteiger partial charge is 0.220 e. The summed E-state index contributed by atoms with van der Waals surface area (Å²) in [7, 11) is 0. The Morgan fingerprint density at radius 1 is 0.808 bits per heavy atom. The Bertz CT molecular complexity index is 802. The normalized spacial score (nSPS) is 10.3. The first-order chi connectivity index (χ1) is 12.8. The van der Waals surface area contributed by atoms with E-state index in [-0.39, 0.29) is 5.91 Å². The van der Waals surface area contributed by atoms with Gasteiger partial charge in [0.15, 0.2) is 0 Å². The van der Waals surface area contributed by atoms with Gasteiger partial charge in [-0.1, -0.05) is 54.6 Å². The summed E-state index contributed by atoms with van der Waals surface area (Å²) in [6, 6.07) is 22.5. The molecule has 1 aromatic heterocycles. The molecule has 2 N–H and O–H groups in total. The van der Waals surface area contributed by atoms with Crippen molar-refractivity contribution >= 4 is 11.6 Å². The highest BCUT2D eigenvalue weighted by Crippen LogP contribution is 2.19. The fraction of sp³-hybridized carbons (Fsp3) is 0.182. The first-order valence-electron chi connectivity index (χ1n) is 8.86. The Kier molecular flexibility index (Phi) is 6.37. The topological polar surface area (TPSA) is 54.0 Å². The van der Waals surface area contributed by atoms with Gasteiger partial charge < -0.3 is 10.6 Å². The average molecular weight is 345 g/mol. The van der Waals surface area contributed by atoms with Crippen molar-refractivity contribution in [2.75, 3.05) is 18.4 Å². The number of pyridine rings is 1. The van der Waals surface area contributed by atoms with Crippen molar-refractivity contribution < 1.29 is 4.79 Å². The lowest BCUT2D eigenvalue weighted by molar-refractivity contribution is -0.120. The largest absolute Gasteiger partial charge is 0.383 e. The number of carbonyl (C=O) groups excluding carboxylic acids is 1.